The van der Waals surface area contributed by atoms with E-state index in [1.165, 1.54) is 12.1 Å². The van der Waals surface area contributed by atoms with Crippen LogP contribution in [0, 0.1) is 11.3 Å². The highest BCUT2D eigenvalue weighted by Crippen LogP contribution is 2.43. The summed E-state index contributed by atoms with van der Waals surface area (Å²) in [4.78, 5) is 50.8. The molecule has 2 amide bonds. The van der Waals surface area contributed by atoms with E-state index >= 15 is 0 Å². The molecular formula is C27H43N5O10S2. The van der Waals surface area contributed by atoms with Gasteiger partial charge in [0.25, 0.3) is 0 Å². The van der Waals surface area contributed by atoms with Crippen molar-refractivity contribution in [3.8, 4) is 0 Å². The van der Waals surface area contributed by atoms with Crippen molar-refractivity contribution < 1.29 is 46.2 Å². The molecule has 0 aromatic heterocycles. The smallest absolute Gasteiger partial charge is 0.326 e. The molecule has 0 aliphatic heterocycles. The molecule has 0 saturated heterocycles. The van der Waals surface area contributed by atoms with Gasteiger partial charge in [0.2, 0.25) is 31.9 Å². The molecule has 0 radical (unpaired) electrons. The average molecular weight is 662 g/mol. The summed E-state index contributed by atoms with van der Waals surface area (Å²) in [6, 6.07) is 3.58. The topological polar surface area (TPSA) is 251 Å². The van der Waals surface area contributed by atoms with Gasteiger partial charge in [-0.1, -0.05) is 31.4 Å². The van der Waals surface area contributed by atoms with Gasteiger partial charge in [-0.15, -0.1) is 0 Å². The fourth-order valence-electron chi connectivity index (χ4n) is 5.36. The molecule has 2 rings (SSSR count). The maximum Gasteiger partial charge on any atom is 0.326 e. The minimum Gasteiger partial charge on any atom is -0.481 e. The summed E-state index contributed by atoms with van der Waals surface area (Å²) >= 11 is 0. The first kappa shape index (κ1) is 36.9. The maximum absolute atomic E-state index is 13.6. The number of amides is 2. The van der Waals surface area contributed by atoms with Crippen molar-refractivity contribution in [2.45, 2.75) is 69.9 Å². The summed E-state index contributed by atoms with van der Waals surface area (Å²) < 4.78 is 51.3. The Bertz CT molecular complexity index is 1400. The van der Waals surface area contributed by atoms with E-state index < -0.39 is 67.2 Å². The normalized spacial score (nSPS) is 16.8. The molecule has 15 nitrogen and oxygen atoms in total. The van der Waals surface area contributed by atoms with Crippen LogP contribution in [-0.2, 0) is 45.6 Å². The molecule has 44 heavy (non-hydrogen) atoms. The van der Waals surface area contributed by atoms with Gasteiger partial charge in [0.1, 0.15) is 12.1 Å². The molecule has 1 aliphatic carbocycles. The number of carbonyl (C=O) groups is 4. The number of rotatable bonds is 19. The number of benzene rings is 1. The van der Waals surface area contributed by atoms with E-state index in [2.05, 4.69) is 20.1 Å². The number of nitrogens with two attached hydrogens (primary N) is 1. The zero-order valence-electron chi connectivity index (χ0n) is 24.9. The van der Waals surface area contributed by atoms with Gasteiger partial charge >= 0.3 is 11.9 Å². The quantitative estimate of drug-likeness (QED) is 0.0971. The molecule has 0 heterocycles. The van der Waals surface area contributed by atoms with Gasteiger partial charge in [0, 0.05) is 18.7 Å². The van der Waals surface area contributed by atoms with Crippen LogP contribution in [0.15, 0.2) is 24.3 Å². The Balaban J connectivity index is 2.17. The molecule has 1 aromatic carbocycles. The zero-order valence-corrected chi connectivity index (χ0v) is 26.5. The minimum atomic E-state index is -3.74. The molecule has 8 N–H and O–H groups in total. The Morgan fingerprint density at radius 2 is 1.61 bits per heavy atom. The van der Waals surface area contributed by atoms with Crippen LogP contribution < -0.4 is 25.8 Å². The SMILES string of the molecule is CS(=O)(=O)Nc1cccc(C[C@H](NC(=O)C2(CC(CNC(=O)[C@H](CCCCN)NS(C)(=O)=O)C(=O)O)CCCC2)C(=O)O)c1. The molecule has 248 valence electrons. The molecule has 0 spiro atoms. The number of carbonyl (C=O) groups excluding carboxylic acids is 2. The maximum atomic E-state index is 13.6. The minimum absolute atomic E-state index is 0.157. The van der Waals surface area contributed by atoms with Crippen molar-refractivity contribution in [2.75, 3.05) is 30.3 Å². The van der Waals surface area contributed by atoms with Crippen molar-refractivity contribution in [1.29, 1.82) is 0 Å². The Kier molecular flexibility index (Phi) is 13.5. The highest BCUT2D eigenvalue weighted by molar-refractivity contribution is 7.92. The second-order valence-electron chi connectivity index (χ2n) is 11.3. The Morgan fingerprint density at radius 1 is 0.955 bits per heavy atom. The van der Waals surface area contributed by atoms with Crippen molar-refractivity contribution >= 4 is 49.5 Å². The van der Waals surface area contributed by atoms with E-state index in [-0.39, 0.29) is 31.5 Å². The van der Waals surface area contributed by atoms with Crippen molar-refractivity contribution in [1.82, 2.24) is 15.4 Å². The van der Waals surface area contributed by atoms with Crippen LogP contribution >= 0.6 is 0 Å². The third-order valence-corrected chi connectivity index (χ3v) is 8.76. The van der Waals surface area contributed by atoms with Gasteiger partial charge in [-0.3, -0.25) is 19.1 Å². The summed E-state index contributed by atoms with van der Waals surface area (Å²) in [6.07, 6.45) is 4.59. The van der Waals surface area contributed by atoms with Gasteiger partial charge in [0.05, 0.1) is 23.8 Å². The second kappa shape index (κ2) is 16.2. The fourth-order valence-corrected chi connectivity index (χ4v) is 6.66. The van der Waals surface area contributed by atoms with E-state index in [9.17, 15) is 46.2 Å². The zero-order chi connectivity index (χ0) is 33.1. The summed E-state index contributed by atoms with van der Waals surface area (Å²) in [5, 5.41) is 24.9. The molecule has 3 atom stereocenters. The van der Waals surface area contributed by atoms with Crippen LogP contribution in [-0.4, -0.2) is 88.5 Å². The molecule has 1 fully saturated rings. The fraction of sp³-hybridized carbons (Fsp3) is 0.630. The Morgan fingerprint density at radius 3 is 2.16 bits per heavy atom. The predicted octanol–water partition coefficient (Wildman–Crippen LogP) is -0.0157. The highest BCUT2D eigenvalue weighted by Gasteiger charge is 2.45. The first-order valence-corrected chi connectivity index (χ1v) is 18.0. The lowest BCUT2D eigenvalue weighted by Crippen LogP contribution is -2.51. The van der Waals surface area contributed by atoms with Crippen LogP contribution in [0.5, 0.6) is 0 Å². The van der Waals surface area contributed by atoms with Crippen molar-refractivity contribution in [3.05, 3.63) is 29.8 Å². The number of aliphatic carboxylic acids is 2. The van der Waals surface area contributed by atoms with E-state index in [0.29, 0.717) is 50.6 Å². The number of carboxylic acid groups (broad SMARTS) is 2. The first-order valence-electron chi connectivity index (χ1n) is 14.2. The number of carboxylic acids is 2. The molecule has 0 bridgehead atoms. The predicted molar refractivity (Wildman–Crippen MR) is 163 cm³/mol. The first-order chi connectivity index (χ1) is 20.4. The lowest BCUT2D eigenvalue weighted by Gasteiger charge is -2.32. The number of anilines is 1. The van der Waals surface area contributed by atoms with Crippen molar-refractivity contribution in [3.63, 3.8) is 0 Å². The van der Waals surface area contributed by atoms with Crippen LogP contribution in [0.4, 0.5) is 5.69 Å². The van der Waals surface area contributed by atoms with E-state index in [0.717, 1.165) is 12.5 Å². The van der Waals surface area contributed by atoms with Gasteiger partial charge < -0.3 is 26.6 Å². The number of hydrogen-bond donors (Lipinski definition) is 7. The van der Waals surface area contributed by atoms with E-state index in [4.69, 9.17) is 5.73 Å². The second-order valence-corrected chi connectivity index (χ2v) is 14.9. The Labute approximate surface area is 257 Å². The summed E-state index contributed by atoms with van der Waals surface area (Å²) in [6.45, 7) is -0.0154. The summed E-state index contributed by atoms with van der Waals surface area (Å²) in [7, 11) is -7.31. The number of sulfonamides is 2. The van der Waals surface area contributed by atoms with Gasteiger partial charge in [-0.25, -0.2) is 26.4 Å². The monoisotopic (exact) mass is 661 g/mol. The van der Waals surface area contributed by atoms with Crippen LogP contribution in [0.1, 0.15) is 56.9 Å². The third-order valence-electron chi connectivity index (χ3n) is 7.44. The van der Waals surface area contributed by atoms with Crippen LogP contribution in [0.25, 0.3) is 0 Å². The standard InChI is InChI=1S/C27H43N5O10S2/c1-43(39,40)31-20-9-7-8-18(14-20)15-22(25(36)37)30-26(38)27(11-4-5-12-27)16-19(24(34)35)17-29-23(33)21(10-3-6-13-28)32-44(2,41)42/h7-9,14,19,21-22,31-32H,3-6,10-13,15-17,28H2,1-2H3,(H,29,33)(H,30,38)(H,34,35)(H,36,37)/t19?,21-,22-/m0/s1. The van der Waals surface area contributed by atoms with Crippen molar-refractivity contribution in [2.24, 2.45) is 17.1 Å². The summed E-state index contributed by atoms with van der Waals surface area (Å²) in [5.41, 5.74) is 4.96. The lowest BCUT2D eigenvalue weighted by molar-refractivity contribution is -0.147. The molecule has 1 saturated carbocycles. The van der Waals surface area contributed by atoms with Crippen LogP contribution in [0.2, 0.25) is 0 Å². The van der Waals surface area contributed by atoms with Crippen LogP contribution in [0.3, 0.4) is 0 Å². The number of unbranched alkanes of at least 4 members (excludes halogenated alkanes) is 1. The van der Waals surface area contributed by atoms with Gasteiger partial charge in [-0.2, -0.15) is 0 Å². The molecule has 1 unspecified atom stereocenters. The van der Waals surface area contributed by atoms with E-state index in [1.54, 1.807) is 12.1 Å². The third kappa shape index (κ3) is 12.4. The summed E-state index contributed by atoms with van der Waals surface area (Å²) in [5.74, 6) is -5.14. The lowest BCUT2D eigenvalue weighted by atomic mass is 9.76. The van der Waals surface area contributed by atoms with E-state index in [1.807, 2.05) is 0 Å². The molecule has 1 aliphatic rings. The average Bonchev–Trinajstić information content (AvgIpc) is 3.38. The number of hydrogen-bond acceptors (Lipinski definition) is 9. The molecular weight excluding hydrogens is 618 g/mol. The number of nitrogens with one attached hydrogen (secondary N) is 4. The molecule has 17 heteroatoms. The van der Waals surface area contributed by atoms with Gasteiger partial charge in [0.15, 0.2) is 0 Å². The Hall–Kier alpha value is -3.28. The van der Waals surface area contributed by atoms with Gasteiger partial charge in [-0.05, 0) is 56.3 Å². The highest BCUT2D eigenvalue weighted by atomic mass is 32.2. The molecule has 1 aromatic rings. The largest absolute Gasteiger partial charge is 0.481 e.